The maximum absolute atomic E-state index is 12.5. The summed E-state index contributed by atoms with van der Waals surface area (Å²) in [5, 5.41) is 1.02. The quantitative estimate of drug-likeness (QED) is 0.752. The molecular weight excluding hydrogens is 302 g/mol. The molecule has 2 heterocycles. The molecule has 0 saturated heterocycles. The van der Waals surface area contributed by atoms with Gasteiger partial charge in [-0.25, -0.2) is 4.98 Å². The fraction of sp³-hybridized carbons (Fsp3) is 0.200. The van der Waals surface area contributed by atoms with Crippen molar-refractivity contribution in [3.8, 4) is 0 Å². The van der Waals surface area contributed by atoms with Gasteiger partial charge in [-0.1, -0.05) is 0 Å². The lowest BCUT2D eigenvalue weighted by molar-refractivity contribution is 0.0791. The summed E-state index contributed by atoms with van der Waals surface area (Å²) in [6, 6.07) is 7.63. The zero-order valence-electron chi connectivity index (χ0n) is 11.8. The topological polar surface area (TPSA) is 59.2 Å². The Bertz CT molecular complexity index is 806. The predicted octanol–water partition coefficient (Wildman–Crippen LogP) is 3.52. The fourth-order valence-electron chi connectivity index (χ4n) is 2.12. The largest absolute Gasteiger partial charge is 0.399 e. The number of nitrogens with zero attached hydrogens (tertiary/aromatic N) is 2. The number of nitrogens with two attached hydrogens (primary N) is 1. The first-order chi connectivity index (χ1) is 10.0. The van der Waals surface area contributed by atoms with E-state index in [0.717, 1.165) is 25.5 Å². The number of amides is 1. The Hall–Kier alpha value is -1.92. The molecule has 0 fully saturated rings. The van der Waals surface area contributed by atoms with E-state index in [1.54, 1.807) is 16.2 Å². The van der Waals surface area contributed by atoms with E-state index in [-0.39, 0.29) is 5.91 Å². The van der Waals surface area contributed by atoms with Crippen LogP contribution in [-0.4, -0.2) is 22.8 Å². The van der Waals surface area contributed by atoms with Crippen LogP contribution in [-0.2, 0) is 6.54 Å². The van der Waals surface area contributed by atoms with Crippen LogP contribution in [0.4, 0.5) is 5.69 Å². The molecule has 0 saturated carbocycles. The Labute approximate surface area is 130 Å². The van der Waals surface area contributed by atoms with Gasteiger partial charge in [0.15, 0.2) is 0 Å². The first kappa shape index (κ1) is 14.0. The second kappa shape index (κ2) is 5.46. The number of benzene rings is 1. The van der Waals surface area contributed by atoms with Crippen molar-refractivity contribution in [2.45, 2.75) is 13.5 Å². The monoisotopic (exact) mass is 317 g/mol. The van der Waals surface area contributed by atoms with Crippen molar-refractivity contribution >= 4 is 44.4 Å². The van der Waals surface area contributed by atoms with Crippen molar-refractivity contribution in [1.29, 1.82) is 0 Å². The highest BCUT2D eigenvalue weighted by molar-refractivity contribution is 7.20. The van der Waals surface area contributed by atoms with Gasteiger partial charge in [0.2, 0.25) is 0 Å². The number of carbonyl (C=O) groups is 1. The minimum Gasteiger partial charge on any atom is -0.399 e. The maximum atomic E-state index is 12.5. The molecule has 3 aromatic rings. The van der Waals surface area contributed by atoms with Crippen LogP contribution in [0.2, 0.25) is 0 Å². The summed E-state index contributed by atoms with van der Waals surface area (Å²) in [6.07, 6.45) is 0. The van der Waals surface area contributed by atoms with E-state index in [9.17, 15) is 4.79 Å². The zero-order valence-corrected chi connectivity index (χ0v) is 13.4. The maximum Gasteiger partial charge on any atom is 0.264 e. The number of nitrogen functional groups attached to an aromatic ring is 1. The van der Waals surface area contributed by atoms with Gasteiger partial charge in [-0.05, 0) is 36.6 Å². The molecule has 6 heteroatoms. The summed E-state index contributed by atoms with van der Waals surface area (Å²) >= 11 is 3.08. The highest BCUT2D eigenvalue weighted by Crippen LogP contribution is 2.28. The van der Waals surface area contributed by atoms with Crippen molar-refractivity contribution in [3.63, 3.8) is 0 Å². The fourth-order valence-corrected chi connectivity index (χ4v) is 3.99. The molecule has 0 aliphatic carbocycles. The molecule has 108 valence electrons. The lowest BCUT2D eigenvalue weighted by Gasteiger charge is -2.15. The van der Waals surface area contributed by atoms with Crippen LogP contribution >= 0.6 is 22.7 Å². The van der Waals surface area contributed by atoms with E-state index in [4.69, 9.17) is 5.73 Å². The molecule has 0 aliphatic rings. The first-order valence-electron chi connectivity index (χ1n) is 6.48. The molecule has 0 unspecified atom stereocenters. The minimum atomic E-state index is 0.0302. The normalized spacial score (nSPS) is 11.0. The van der Waals surface area contributed by atoms with Crippen LogP contribution in [0, 0.1) is 6.92 Å². The Morgan fingerprint density at radius 3 is 2.90 bits per heavy atom. The van der Waals surface area contributed by atoms with Crippen molar-refractivity contribution in [3.05, 3.63) is 45.2 Å². The van der Waals surface area contributed by atoms with Crippen LogP contribution in [0.3, 0.4) is 0 Å². The van der Waals surface area contributed by atoms with Gasteiger partial charge >= 0.3 is 0 Å². The molecule has 0 radical (unpaired) electrons. The smallest absolute Gasteiger partial charge is 0.264 e. The van der Waals surface area contributed by atoms with Gasteiger partial charge in [-0.2, -0.15) is 0 Å². The molecule has 4 nitrogen and oxygen atoms in total. The minimum absolute atomic E-state index is 0.0302. The number of rotatable bonds is 3. The number of fused-ring (bicyclic) bond motifs is 1. The highest BCUT2D eigenvalue weighted by Gasteiger charge is 2.16. The summed E-state index contributed by atoms with van der Waals surface area (Å²) in [4.78, 5) is 20.3. The van der Waals surface area contributed by atoms with Gasteiger partial charge in [-0.3, -0.25) is 4.79 Å². The Balaban J connectivity index is 1.84. The molecule has 0 aliphatic heterocycles. The van der Waals surface area contributed by atoms with Crippen LogP contribution in [0.25, 0.3) is 10.1 Å². The van der Waals surface area contributed by atoms with E-state index >= 15 is 0 Å². The van der Waals surface area contributed by atoms with Crippen molar-refractivity contribution in [2.24, 2.45) is 0 Å². The summed E-state index contributed by atoms with van der Waals surface area (Å²) < 4.78 is 1.08. The van der Waals surface area contributed by atoms with E-state index in [1.807, 2.05) is 43.7 Å². The lowest BCUT2D eigenvalue weighted by atomic mass is 10.2. The number of aromatic nitrogens is 1. The van der Waals surface area contributed by atoms with E-state index in [2.05, 4.69) is 4.98 Å². The number of anilines is 1. The lowest BCUT2D eigenvalue weighted by Crippen LogP contribution is -2.25. The van der Waals surface area contributed by atoms with Crippen molar-refractivity contribution in [1.82, 2.24) is 9.88 Å². The van der Waals surface area contributed by atoms with Gasteiger partial charge in [-0.15, -0.1) is 22.7 Å². The molecule has 2 N–H and O–H groups in total. The van der Waals surface area contributed by atoms with Crippen LogP contribution in [0.15, 0.2) is 29.8 Å². The third kappa shape index (κ3) is 2.77. The molecule has 0 bridgehead atoms. The summed E-state index contributed by atoms with van der Waals surface area (Å²) in [5.41, 5.74) is 9.30. The molecule has 0 atom stereocenters. The first-order valence-corrected chi connectivity index (χ1v) is 8.17. The van der Waals surface area contributed by atoms with Gasteiger partial charge in [0.05, 0.1) is 22.6 Å². The Morgan fingerprint density at radius 2 is 2.19 bits per heavy atom. The van der Waals surface area contributed by atoms with Gasteiger partial charge < -0.3 is 10.6 Å². The average Bonchev–Trinajstić information content (AvgIpc) is 3.04. The van der Waals surface area contributed by atoms with Gasteiger partial charge in [0, 0.05) is 22.3 Å². The van der Waals surface area contributed by atoms with Crippen LogP contribution in [0.1, 0.15) is 20.2 Å². The number of aryl methyl sites for hydroxylation is 1. The number of carbonyl (C=O) groups excluding carboxylic acids is 1. The number of thiazole rings is 1. The second-order valence-electron chi connectivity index (χ2n) is 4.93. The van der Waals surface area contributed by atoms with Gasteiger partial charge in [0.25, 0.3) is 5.91 Å². The molecule has 3 rings (SSSR count). The molecule has 1 amide bonds. The Morgan fingerprint density at radius 1 is 1.38 bits per heavy atom. The Kier molecular flexibility index (Phi) is 3.65. The van der Waals surface area contributed by atoms with Crippen molar-refractivity contribution in [2.75, 3.05) is 12.8 Å². The zero-order chi connectivity index (χ0) is 15.0. The number of thiophene rings is 1. The SMILES string of the molecule is Cc1ncsc1CN(C)C(=O)c1cc2cc(N)ccc2s1. The summed E-state index contributed by atoms with van der Waals surface area (Å²) in [7, 11) is 1.82. The van der Waals surface area contributed by atoms with Crippen molar-refractivity contribution < 1.29 is 4.79 Å². The highest BCUT2D eigenvalue weighted by atomic mass is 32.1. The average molecular weight is 317 g/mol. The van der Waals surface area contributed by atoms with E-state index < -0.39 is 0 Å². The third-order valence-corrected chi connectivity index (χ3v) is 5.35. The molecule has 0 spiro atoms. The summed E-state index contributed by atoms with van der Waals surface area (Å²) in [5.74, 6) is 0.0302. The number of hydrogen-bond donors (Lipinski definition) is 1. The predicted molar refractivity (Wildman–Crippen MR) is 88.9 cm³/mol. The van der Waals surface area contributed by atoms with E-state index in [1.165, 1.54) is 11.3 Å². The number of hydrogen-bond acceptors (Lipinski definition) is 5. The van der Waals surface area contributed by atoms with E-state index in [0.29, 0.717) is 12.2 Å². The molecule has 21 heavy (non-hydrogen) atoms. The molecule has 2 aromatic heterocycles. The van der Waals surface area contributed by atoms with Crippen LogP contribution in [0.5, 0.6) is 0 Å². The molecule has 1 aromatic carbocycles. The van der Waals surface area contributed by atoms with Gasteiger partial charge in [0.1, 0.15) is 0 Å². The van der Waals surface area contributed by atoms with Crippen LogP contribution < -0.4 is 5.73 Å². The standard InChI is InChI=1S/C15H15N3OS2/c1-9-14(20-8-17-9)7-18(2)15(19)13-6-10-5-11(16)3-4-12(10)21-13/h3-6,8H,7,16H2,1-2H3. The summed E-state index contributed by atoms with van der Waals surface area (Å²) in [6.45, 7) is 2.55. The second-order valence-corrected chi connectivity index (χ2v) is 6.95. The molecular formula is C15H15N3OS2. The third-order valence-electron chi connectivity index (χ3n) is 3.32.